The summed E-state index contributed by atoms with van der Waals surface area (Å²) in [5.41, 5.74) is 0.385. The van der Waals surface area contributed by atoms with E-state index in [0.29, 0.717) is 36.2 Å². The van der Waals surface area contributed by atoms with Gasteiger partial charge in [-0.1, -0.05) is 18.2 Å². The highest BCUT2D eigenvalue weighted by molar-refractivity contribution is 5.58. The maximum atomic E-state index is 12.5. The fraction of sp³-hybridized carbons (Fsp3) is 0.222. The molecule has 0 bridgehead atoms. The average molecular weight is 323 g/mol. The number of pyridine rings is 1. The van der Waals surface area contributed by atoms with Gasteiger partial charge in [0, 0.05) is 25.4 Å². The van der Waals surface area contributed by atoms with Gasteiger partial charge in [0.25, 0.3) is 5.56 Å². The van der Waals surface area contributed by atoms with E-state index < -0.39 is 0 Å². The number of hydrogen-bond acceptors (Lipinski definition) is 5. The van der Waals surface area contributed by atoms with Gasteiger partial charge in [-0.2, -0.15) is 0 Å². The lowest BCUT2D eigenvalue weighted by Gasteiger charge is -2.27. The molecule has 1 aliphatic rings. The van der Waals surface area contributed by atoms with Crippen molar-refractivity contribution in [3.63, 3.8) is 0 Å². The summed E-state index contributed by atoms with van der Waals surface area (Å²) in [6.07, 6.45) is 1.70. The van der Waals surface area contributed by atoms with E-state index in [-0.39, 0.29) is 5.56 Å². The van der Waals surface area contributed by atoms with E-state index in [2.05, 4.69) is 9.88 Å². The van der Waals surface area contributed by atoms with Crippen LogP contribution in [0.25, 0.3) is 5.65 Å². The first-order chi connectivity index (χ1) is 11.8. The van der Waals surface area contributed by atoms with Crippen molar-refractivity contribution in [1.82, 2.24) is 9.38 Å². The van der Waals surface area contributed by atoms with E-state index in [9.17, 15) is 4.79 Å². The molecule has 0 unspecified atom stereocenters. The molecule has 1 fully saturated rings. The lowest BCUT2D eigenvalue weighted by atomic mass is 10.3. The van der Waals surface area contributed by atoms with Crippen LogP contribution in [-0.4, -0.2) is 35.7 Å². The Morgan fingerprint density at radius 3 is 2.62 bits per heavy atom. The number of fused-ring (bicyclic) bond motifs is 1. The number of ether oxygens (including phenoxy) is 2. The van der Waals surface area contributed by atoms with Crippen LogP contribution >= 0.6 is 0 Å². The quantitative estimate of drug-likeness (QED) is 0.740. The second-order valence-electron chi connectivity index (χ2n) is 5.53. The molecule has 3 aromatic rings. The van der Waals surface area contributed by atoms with Crippen molar-refractivity contribution in [3.8, 4) is 11.5 Å². The minimum absolute atomic E-state index is 0.125. The molecule has 122 valence electrons. The number of aromatic nitrogens is 2. The molecule has 4 rings (SSSR count). The summed E-state index contributed by atoms with van der Waals surface area (Å²) >= 11 is 0. The molecule has 0 N–H and O–H groups in total. The topological polar surface area (TPSA) is 56.1 Å². The molecule has 6 heteroatoms. The number of rotatable bonds is 3. The summed E-state index contributed by atoms with van der Waals surface area (Å²) in [6, 6.07) is 14.6. The summed E-state index contributed by atoms with van der Waals surface area (Å²) in [7, 11) is 0. The fourth-order valence-corrected chi connectivity index (χ4v) is 2.74. The van der Waals surface area contributed by atoms with Crippen molar-refractivity contribution in [2.24, 2.45) is 0 Å². The van der Waals surface area contributed by atoms with Crippen LogP contribution in [0.15, 0.2) is 59.5 Å². The molecule has 3 heterocycles. The molecule has 0 saturated carbocycles. The van der Waals surface area contributed by atoms with Crippen LogP contribution in [0, 0.1) is 0 Å². The standard InChI is InChI=1S/C18H17N3O3/c22-17-13-16(20-9-11-23-12-10-20)19-18-15(7-4-8-21(17)18)24-14-5-2-1-3-6-14/h1-8,13H,9-12H2. The summed E-state index contributed by atoms with van der Waals surface area (Å²) in [4.78, 5) is 19.2. The summed E-state index contributed by atoms with van der Waals surface area (Å²) in [6.45, 7) is 2.74. The molecule has 0 aliphatic carbocycles. The van der Waals surface area contributed by atoms with Gasteiger partial charge in [-0.05, 0) is 24.3 Å². The Hall–Kier alpha value is -2.86. The Balaban J connectivity index is 1.79. The van der Waals surface area contributed by atoms with E-state index in [1.165, 1.54) is 4.40 Å². The zero-order chi connectivity index (χ0) is 16.4. The van der Waals surface area contributed by atoms with Crippen LogP contribution in [0.2, 0.25) is 0 Å². The van der Waals surface area contributed by atoms with Gasteiger partial charge in [-0.15, -0.1) is 0 Å². The molecule has 0 atom stereocenters. The second kappa shape index (κ2) is 6.33. The van der Waals surface area contributed by atoms with Crippen LogP contribution in [0.1, 0.15) is 0 Å². The van der Waals surface area contributed by atoms with Crippen molar-refractivity contribution in [2.75, 3.05) is 31.2 Å². The Labute approximate surface area is 138 Å². The van der Waals surface area contributed by atoms with Crippen LogP contribution in [-0.2, 0) is 4.74 Å². The van der Waals surface area contributed by atoms with E-state index in [1.807, 2.05) is 36.4 Å². The van der Waals surface area contributed by atoms with Gasteiger partial charge in [0.2, 0.25) is 0 Å². The number of morpholine rings is 1. The van der Waals surface area contributed by atoms with Crippen molar-refractivity contribution in [2.45, 2.75) is 0 Å². The third-order valence-corrected chi connectivity index (χ3v) is 3.95. The number of nitrogens with zero attached hydrogens (tertiary/aromatic N) is 3. The van der Waals surface area contributed by atoms with E-state index >= 15 is 0 Å². The van der Waals surface area contributed by atoms with Crippen LogP contribution in [0.5, 0.6) is 11.5 Å². The lowest BCUT2D eigenvalue weighted by Crippen LogP contribution is -2.37. The molecule has 1 aromatic carbocycles. The summed E-state index contributed by atoms with van der Waals surface area (Å²) in [5.74, 6) is 1.92. The van der Waals surface area contributed by atoms with Gasteiger partial charge >= 0.3 is 0 Å². The smallest absolute Gasteiger partial charge is 0.260 e. The van der Waals surface area contributed by atoms with E-state index in [4.69, 9.17) is 9.47 Å². The van der Waals surface area contributed by atoms with Gasteiger partial charge in [0.05, 0.1) is 13.2 Å². The second-order valence-corrected chi connectivity index (χ2v) is 5.53. The molecule has 0 radical (unpaired) electrons. The first kappa shape index (κ1) is 14.7. The highest BCUT2D eigenvalue weighted by atomic mass is 16.5. The predicted octanol–water partition coefficient (Wildman–Crippen LogP) is 2.32. The largest absolute Gasteiger partial charge is 0.453 e. The highest BCUT2D eigenvalue weighted by Gasteiger charge is 2.16. The lowest BCUT2D eigenvalue weighted by molar-refractivity contribution is 0.122. The minimum Gasteiger partial charge on any atom is -0.453 e. The Kier molecular flexibility index (Phi) is 3.88. The van der Waals surface area contributed by atoms with Crippen LogP contribution in [0.3, 0.4) is 0 Å². The monoisotopic (exact) mass is 323 g/mol. The van der Waals surface area contributed by atoms with Gasteiger partial charge in [0.15, 0.2) is 11.4 Å². The van der Waals surface area contributed by atoms with Crippen molar-refractivity contribution >= 4 is 11.5 Å². The summed E-state index contributed by atoms with van der Waals surface area (Å²) < 4.78 is 12.8. The van der Waals surface area contributed by atoms with Gasteiger partial charge in [-0.3, -0.25) is 9.20 Å². The SMILES string of the molecule is O=c1cc(N2CCOCC2)nc2c(Oc3ccccc3)cccn12. The molecular formula is C18H17N3O3. The Morgan fingerprint density at radius 1 is 1.04 bits per heavy atom. The van der Waals surface area contributed by atoms with Crippen molar-refractivity contribution < 1.29 is 9.47 Å². The predicted molar refractivity (Wildman–Crippen MR) is 91.0 cm³/mol. The van der Waals surface area contributed by atoms with Crippen molar-refractivity contribution in [3.05, 3.63) is 65.1 Å². The third kappa shape index (κ3) is 2.83. The van der Waals surface area contributed by atoms with Gasteiger partial charge in [0.1, 0.15) is 11.6 Å². The molecular weight excluding hydrogens is 306 g/mol. The van der Waals surface area contributed by atoms with Crippen LogP contribution < -0.4 is 15.2 Å². The number of hydrogen-bond donors (Lipinski definition) is 0. The molecule has 0 amide bonds. The zero-order valence-corrected chi connectivity index (χ0v) is 13.1. The fourth-order valence-electron chi connectivity index (χ4n) is 2.74. The van der Waals surface area contributed by atoms with E-state index in [0.717, 1.165) is 13.1 Å². The third-order valence-electron chi connectivity index (χ3n) is 3.95. The maximum Gasteiger partial charge on any atom is 0.260 e. The van der Waals surface area contributed by atoms with Crippen LogP contribution in [0.4, 0.5) is 5.82 Å². The molecule has 1 saturated heterocycles. The molecule has 2 aromatic heterocycles. The first-order valence-electron chi connectivity index (χ1n) is 7.89. The molecule has 6 nitrogen and oxygen atoms in total. The first-order valence-corrected chi connectivity index (χ1v) is 7.89. The molecule has 1 aliphatic heterocycles. The zero-order valence-electron chi connectivity index (χ0n) is 13.1. The van der Waals surface area contributed by atoms with Crippen molar-refractivity contribution in [1.29, 1.82) is 0 Å². The van der Waals surface area contributed by atoms with Gasteiger partial charge in [-0.25, -0.2) is 4.98 Å². The Morgan fingerprint density at radius 2 is 1.83 bits per heavy atom. The summed E-state index contributed by atoms with van der Waals surface area (Å²) in [5, 5.41) is 0. The normalized spacial score (nSPS) is 14.8. The Bertz CT molecular complexity index is 902. The number of para-hydroxylation sites is 1. The van der Waals surface area contributed by atoms with Gasteiger partial charge < -0.3 is 14.4 Å². The molecule has 24 heavy (non-hydrogen) atoms. The highest BCUT2D eigenvalue weighted by Crippen LogP contribution is 2.25. The maximum absolute atomic E-state index is 12.5. The number of benzene rings is 1. The average Bonchev–Trinajstić information content (AvgIpc) is 2.64. The number of anilines is 1. The minimum atomic E-state index is -0.125. The van der Waals surface area contributed by atoms with E-state index in [1.54, 1.807) is 18.3 Å². The molecule has 0 spiro atoms.